The van der Waals surface area contributed by atoms with Crippen LogP contribution in [-0.4, -0.2) is 47.8 Å². The maximum absolute atomic E-state index is 11.2. The van der Waals surface area contributed by atoms with Crippen molar-refractivity contribution in [2.45, 2.75) is 76.9 Å². The van der Waals surface area contributed by atoms with Gasteiger partial charge in [-0.05, 0) is 30.1 Å². The van der Waals surface area contributed by atoms with Crippen molar-refractivity contribution in [2.75, 3.05) is 6.54 Å². The number of nitrogens with two attached hydrogens (primary N) is 1. The molecular weight excluding hydrogens is 392 g/mol. The van der Waals surface area contributed by atoms with E-state index in [4.69, 9.17) is 10.2 Å². The van der Waals surface area contributed by atoms with Crippen molar-refractivity contribution in [1.29, 1.82) is 0 Å². The molecule has 0 spiro atoms. The standard InChI is InChI=1S/C23H36N4O2Si/c1-23(2,3)30(4,5)29-20-12-19(11-18-14-25-22(26-18)13-21(24)28)27(16-20)15-17-9-7-6-8-10-17/h6-10,14,19-20H,11-13,15-16H2,1-5H3,(H2,24,28)(H,25,26). The summed E-state index contributed by atoms with van der Waals surface area (Å²) in [5, 5.41) is 0.197. The molecule has 0 saturated carbocycles. The number of benzene rings is 1. The molecule has 1 saturated heterocycles. The number of aromatic amines is 1. The molecule has 3 N–H and O–H groups in total. The lowest BCUT2D eigenvalue weighted by molar-refractivity contribution is -0.117. The van der Waals surface area contributed by atoms with E-state index < -0.39 is 8.32 Å². The zero-order chi connectivity index (χ0) is 21.9. The third-order valence-corrected chi connectivity index (χ3v) is 11.0. The van der Waals surface area contributed by atoms with Crippen LogP contribution in [0.1, 0.15) is 44.3 Å². The fourth-order valence-electron chi connectivity index (χ4n) is 3.86. The molecule has 7 heteroatoms. The molecule has 1 aliphatic heterocycles. The molecule has 0 aliphatic carbocycles. The van der Waals surface area contributed by atoms with Gasteiger partial charge < -0.3 is 15.1 Å². The Hall–Kier alpha value is -1.96. The first kappa shape index (κ1) is 22.7. The molecule has 164 valence electrons. The second-order valence-corrected chi connectivity index (χ2v) is 14.8. The molecular formula is C23H36N4O2Si. The summed E-state index contributed by atoms with van der Waals surface area (Å²) in [4.78, 5) is 21.3. The number of rotatable bonds is 8. The average Bonchev–Trinajstić information content (AvgIpc) is 3.21. The van der Waals surface area contributed by atoms with E-state index in [0.29, 0.717) is 11.9 Å². The molecule has 3 rings (SSSR count). The predicted octanol–water partition coefficient (Wildman–Crippen LogP) is 3.64. The van der Waals surface area contributed by atoms with E-state index in [1.165, 1.54) is 5.56 Å². The van der Waals surface area contributed by atoms with Crippen molar-refractivity contribution in [3.8, 4) is 0 Å². The summed E-state index contributed by atoms with van der Waals surface area (Å²) < 4.78 is 6.77. The minimum absolute atomic E-state index is 0.148. The Labute approximate surface area is 181 Å². The van der Waals surface area contributed by atoms with E-state index in [9.17, 15) is 4.79 Å². The summed E-state index contributed by atoms with van der Waals surface area (Å²) in [7, 11) is -1.83. The zero-order valence-electron chi connectivity index (χ0n) is 18.9. The Bertz CT molecular complexity index is 844. The normalized spacial score (nSPS) is 20.6. The quantitative estimate of drug-likeness (QED) is 0.629. The monoisotopic (exact) mass is 428 g/mol. The van der Waals surface area contributed by atoms with E-state index >= 15 is 0 Å². The van der Waals surface area contributed by atoms with Crippen LogP contribution in [0.5, 0.6) is 0 Å². The number of amides is 1. The van der Waals surface area contributed by atoms with E-state index in [1.54, 1.807) is 0 Å². The highest BCUT2D eigenvalue weighted by molar-refractivity contribution is 6.74. The Kier molecular flexibility index (Phi) is 6.84. The number of hydrogen-bond acceptors (Lipinski definition) is 4. The highest BCUT2D eigenvalue weighted by Gasteiger charge is 2.42. The van der Waals surface area contributed by atoms with Crippen molar-refractivity contribution in [3.63, 3.8) is 0 Å². The Balaban J connectivity index is 1.73. The van der Waals surface area contributed by atoms with Gasteiger partial charge in [-0.3, -0.25) is 9.69 Å². The summed E-state index contributed by atoms with van der Waals surface area (Å²) in [6, 6.07) is 11.0. The van der Waals surface area contributed by atoms with Gasteiger partial charge >= 0.3 is 0 Å². The fraction of sp³-hybridized carbons (Fsp3) is 0.565. The SMILES string of the molecule is CC(C)(C)[Si](C)(C)OC1CC(Cc2cnc(CC(N)=O)[nH]2)N(Cc2ccccc2)C1. The summed E-state index contributed by atoms with van der Waals surface area (Å²) >= 11 is 0. The van der Waals surface area contributed by atoms with Crippen LogP contribution in [0.3, 0.4) is 0 Å². The lowest BCUT2D eigenvalue weighted by atomic mass is 10.1. The van der Waals surface area contributed by atoms with Crippen molar-refractivity contribution in [1.82, 2.24) is 14.9 Å². The average molecular weight is 429 g/mol. The molecule has 30 heavy (non-hydrogen) atoms. The Morgan fingerprint density at radius 3 is 2.63 bits per heavy atom. The zero-order valence-corrected chi connectivity index (χ0v) is 19.9. The maximum Gasteiger partial charge on any atom is 0.225 e. The van der Waals surface area contributed by atoms with Crippen LogP contribution >= 0.6 is 0 Å². The second-order valence-electron chi connectivity index (χ2n) is 10.0. The van der Waals surface area contributed by atoms with Crippen molar-refractivity contribution in [3.05, 3.63) is 53.6 Å². The van der Waals surface area contributed by atoms with E-state index in [-0.39, 0.29) is 23.5 Å². The highest BCUT2D eigenvalue weighted by Crippen LogP contribution is 2.39. The number of nitrogens with zero attached hydrogens (tertiary/aromatic N) is 2. The maximum atomic E-state index is 11.2. The van der Waals surface area contributed by atoms with Crippen LogP contribution in [0.15, 0.2) is 36.5 Å². The van der Waals surface area contributed by atoms with Crippen molar-refractivity contribution < 1.29 is 9.22 Å². The van der Waals surface area contributed by atoms with Crippen LogP contribution in [-0.2, 0) is 28.6 Å². The molecule has 0 bridgehead atoms. The second kappa shape index (κ2) is 9.04. The molecule has 1 aromatic heterocycles. The van der Waals surface area contributed by atoms with Gasteiger partial charge in [-0.1, -0.05) is 51.1 Å². The number of hydrogen-bond donors (Lipinski definition) is 2. The van der Waals surface area contributed by atoms with Crippen LogP contribution in [0.25, 0.3) is 0 Å². The molecule has 1 fully saturated rings. The van der Waals surface area contributed by atoms with Crippen molar-refractivity contribution in [2.24, 2.45) is 5.73 Å². The van der Waals surface area contributed by atoms with Gasteiger partial charge in [0.05, 0.1) is 12.5 Å². The molecule has 2 aromatic rings. The van der Waals surface area contributed by atoms with Crippen LogP contribution in [0, 0.1) is 0 Å². The smallest absolute Gasteiger partial charge is 0.225 e. The minimum atomic E-state index is -1.83. The first-order valence-electron chi connectivity index (χ1n) is 10.8. The van der Waals surface area contributed by atoms with Gasteiger partial charge in [0.2, 0.25) is 5.91 Å². The van der Waals surface area contributed by atoms with Gasteiger partial charge in [0.25, 0.3) is 0 Å². The number of likely N-dealkylation sites (tertiary alicyclic amines) is 1. The number of imidazole rings is 1. The van der Waals surface area contributed by atoms with E-state index in [0.717, 1.165) is 31.6 Å². The summed E-state index contributed by atoms with van der Waals surface area (Å²) in [5.74, 6) is 0.268. The minimum Gasteiger partial charge on any atom is -0.413 e. The summed E-state index contributed by atoms with van der Waals surface area (Å²) in [5.41, 5.74) is 7.66. The van der Waals surface area contributed by atoms with Gasteiger partial charge in [-0.15, -0.1) is 0 Å². The molecule has 1 aromatic carbocycles. The van der Waals surface area contributed by atoms with Gasteiger partial charge in [0, 0.05) is 37.4 Å². The number of H-pyrrole nitrogens is 1. The first-order valence-corrected chi connectivity index (χ1v) is 13.7. The number of aromatic nitrogens is 2. The van der Waals surface area contributed by atoms with Crippen LogP contribution < -0.4 is 5.73 Å². The van der Waals surface area contributed by atoms with Crippen LogP contribution in [0.2, 0.25) is 18.1 Å². The van der Waals surface area contributed by atoms with Gasteiger partial charge in [0.15, 0.2) is 8.32 Å². The molecule has 1 aliphatic rings. The molecule has 2 unspecified atom stereocenters. The number of primary amides is 1. The molecule has 2 atom stereocenters. The highest BCUT2D eigenvalue weighted by atomic mass is 28.4. The predicted molar refractivity (Wildman–Crippen MR) is 123 cm³/mol. The first-order chi connectivity index (χ1) is 14.0. The Morgan fingerprint density at radius 1 is 1.30 bits per heavy atom. The lowest BCUT2D eigenvalue weighted by Crippen LogP contribution is -2.44. The lowest BCUT2D eigenvalue weighted by Gasteiger charge is -2.38. The Morgan fingerprint density at radius 2 is 2.00 bits per heavy atom. The third-order valence-electron chi connectivity index (χ3n) is 6.46. The largest absolute Gasteiger partial charge is 0.413 e. The molecule has 0 radical (unpaired) electrons. The third kappa shape index (κ3) is 5.80. The van der Waals surface area contributed by atoms with Gasteiger partial charge in [-0.2, -0.15) is 0 Å². The van der Waals surface area contributed by atoms with E-state index in [1.807, 2.05) is 6.20 Å². The molecule has 1 amide bonds. The topological polar surface area (TPSA) is 84.2 Å². The fourth-order valence-corrected chi connectivity index (χ4v) is 5.22. The van der Waals surface area contributed by atoms with Crippen molar-refractivity contribution >= 4 is 14.2 Å². The number of nitrogens with one attached hydrogen (secondary N) is 1. The number of carbonyl (C=O) groups excluding carboxylic acids is 1. The summed E-state index contributed by atoms with van der Waals surface area (Å²) in [6.45, 7) is 13.4. The van der Waals surface area contributed by atoms with Gasteiger partial charge in [0.1, 0.15) is 5.82 Å². The van der Waals surface area contributed by atoms with Gasteiger partial charge in [-0.25, -0.2) is 4.98 Å². The van der Waals surface area contributed by atoms with E-state index in [2.05, 4.69) is 79.1 Å². The molecule has 2 heterocycles. The summed E-state index contributed by atoms with van der Waals surface area (Å²) in [6.07, 6.45) is 4.09. The van der Waals surface area contributed by atoms with Crippen LogP contribution in [0.4, 0.5) is 0 Å². The number of carbonyl (C=O) groups is 1. The molecule has 6 nitrogen and oxygen atoms in total.